The van der Waals surface area contributed by atoms with Crippen molar-refractivity contribution in [2.75, 3.05) is 27.9 Å². The van der Waals surface area contributed by atoms with Crippen molar-refractivity contribution in [3.8, 4) is 17.2 Å². The zero-order valence-electron chi connectivity index (χ0n) is 32.8. The Morgan fingerprint density at radius 2 is 1.71 bits per heavy atom. The van der Waals surface area contributed by atoms with Crippen molar-refractivity contribution in [3.05, 3.63) is 28.8 Å². The SMILES string of the molecule is COc1c2c(c(O)c3c4c(ccc13)C1O[C@]3(C(OC)OC)O[C@@H]1C(O[C@H]1C[C@@H](O)[C@@](O)(C(C)=O)[C@H](C)O1)(O4)C31CO1)C(=O)C(O)CC2O[C@H]1C[C@@](C)(O)[C@H](O)[C@H](C)O1. The number of hydrogen-bond acceptors (Lipinski definition) is 19. The van der Waals surface area contributed by atoms with Gasteiger partial charge in [0.2, 0.25) is 11.9 Å². The maximum absolute atomic E-state index is 13.9. The van der Waals surface area contributed by atoms with Crippen LogP contribution < -0.4 is 9.47 Å². The lowest BCUT2D eigenvalue weighted by Gasteiger charge is -2.51. The molecular weight excluding hydrogens is 772 g/mol. The fraction of sp³-hybridized carbons (Fsp3) is 0.692. The van der Waals surface area contributed by atoms with Crippen molar-refractivity contribution in [2.24, 2.45) is 0 Å². The van der Waals surface area contributed by atoms with E-state index in [0.717, 1.165) is 6.92 Å². The molecule has 0 aromatic heterocycles. The fourth-order valence-corrected chi connectivity index (χ4v) is 10.1. The summed E-state index contributed by atoms with van der Waals surface area (Å²) in [4.78, 5) is 26.4. The first-order valence-corrected chi connectivity index (χ1v) is 19.2. The number of hydrogen-bond donors (Lipinski definition) is 6. The van der Waals surface area contributed by atoms with Crippen LogP contribution >= 0.6 is 0 Å². The molecule has 318 valence electrons. The van der Waals surface area contributed by atoms with Crippen molar-refractivity contribution >= 4 is 22.3 Å². The second kappa shape index (κ2) is 13.2. The standard InChI is InChI=1S/C39H48O19/c1-14-32(45)35(4,46)12-23(52-14)54-20-10-19(41)27(43)26-25(20)29(48-5)17-8-9-18-30(24(17)28(26)44)56-38(55-22-11-21(42)37(47,15(2)40)16(3)53-22)33-31(18)57-39(58-33,34(49-6)50-7)36(38)13-51-36/h8-9,14,16,19-23,31-34,41-42,44-47H,10-13H2,1-7H3/t14-,16-,19?,20?,21+,22-,23-,31?,32+,33-,35+,36?,37+,38?,39+/m0/s1. The average molecular weight is 821 g/mol. The number of aliphatic hydroxyl groups excluding tert-OH is 3. The molecule has 58 heavy (non-hydrogen) atoms. The van der Waals surface area contributed by atoms with Gasteiger partial charge in [0.25, 0.3) is 11.6 Å². The normalized spacial score (nSPS) is 45.0. The molecule has 5 unspecified atom stereocenters. The van der Waals surface area contributed by atoms with E-state index in [-0.39, 0.29) is 59.3 Å². The van der Waals surface area contributed by atoms with E-state index in [1.807, 2.05) is 0 Å². The van der Waals surface area contributed by atoms with E-state index in [1.54, 1.807) is 19.1 Å². The van der Waals surface area contributed by atoms with Crippen molar-refractivity contribution in [1.82, 2.24) is 0 Å². The van der Waals surface area contributed by atoms with Crippen LogP contribution in [-0.2, 0) is 47.4 Å². The minimum atomic E-state index is -2.22. The van der Waals surface area contributed by atoms with Crippen LogP contribution in [0.4, 0.5) is 0 Å². The molecule has 1 aliphatic carbocycles. The first kappa shape index (κ1) is 40.3. The van der Waals surface area contributed by atoms with Gasteiger partial charge in [-0.1, -0.05) is 6.07 Å². The maximum atomic E-state index is 13.9. The second-order valence-electron chi connectivity index (χ2n) is 16.5. The predicted molar refractivity (Wildman–Crippen MR) is 189 cm³/mol. The number of methoxy groups -OCH3 is 3. The molecule has 6 heterocycles. The number of carbonyl (C=O) groups is 2. The Labute approximate surface area is 331 Å². The molecule has 2 aromatic rings. The number of benzene rings is 2. The van der Waals surface area contributed by atoms with Crippen LogP contribution in [0.5, 0.6) is 17.2 Å². The predicted octanol–water partition coefficient (Wildman–Crippen LogP) is 0.281. The van der Waals surface area contributed by atoms with E-state index >= 15 is 0 Å². The summed E-state index contributed by atoms with van der Waals surface area (Å²) >= 11 is 0. The Kier molecular flexibility index (Phi) is 9.16. The van der Waals surface area contributed by atoms with Crippen LogP contribution in [0.25, 0.3) is 10.8 Å². The quantitative estimate of drug-likeness (QED) is 0.147. The van der Waals surface area contributed by atoms with E-state index < -0.39 is 113 Å². The number of epoxide rings is 1. The molecule has 19 heteroatoms. The number of rotatable bonds is 9. The Hall–Kier alpha value is -3.12. The zero-order valence-corrected chi connectivity index (χ0v) is 32.8. The number of ketones is 2. The van der Waals surface area contributed by atoms with Crippen LogP contribution in [0.3, 0.4) is 0 Å². The van der Waals surface area contributed by atoms with E-state index in [1.165, 1.54) is 35.2 Å². The number of fused-ring (bicyclic) bond motifs is 8. The van der Waals surface area contributed by atoms with Gasteiger partial charge in [-0.15, -0.1) is 0 Å². The smallest absolute Gasteiger partial charge is 0.279 e. The lowest BCUT2D eigenvalue weighted by molar-refractivity contribution is -0.385. The molecular formula is C39H48O19. The van der Waals surface area contributed by atoms with E-state index in [0.29, 0.717) is 5.56 Å². The van der Waals surface area contributed by atoms with Gasteiger partial charge in [-0.05, 0) is 33.8 Å². The fourth-order valence-electron chi connectivity index (χ4n) is 10.1. The minimum Gasteiger partial charge on any atom is -0.506 e. The Bertz CT molecular complexity index is 2030. The monoisotopic (exact) mass is 820 g/mol. The molecule has 0 radical (unpaired) electrons. The van der Waals surface area contributed by atoms with Crippen molar-refractivity contribution in [1.29, 1.82) is 0 Å². The number of carbonyl (C=O) groups excluding carboxylic acids is 2. The average Bonchev–Trinajstić information content (AvgIpc) is 3.84. The molecule has 9 rings (SSSR count). The topological polar surface area (TPSA) is 260 Å². The van der Waals surface area contributed by atoms with Crippen molar-refractivity contribution in [3.63, 3.8) is 0 Å². The molecule has 5 saturated heterocycles. The number of phenols is 1. The summed E-state index contributed by atoms with van der Waals surface area (Å²) in [7, 11) is 4.14. The summed E-state index contributed by atoms with van der Waals surface area (Å²) in [5.41, 5.74) is -5.27. The highest BCUT2D eigenvalue weighted by molar-refractivity contribution is 6.13. The van der Waals surface area contributed by atoms with Crippen molar-refractivity contribution < 1.29 is 92.3 Å². The largest absolute Gasteiger partial charge is 0.506 e. The molecule has 6 aliphatic heterocycles. The van der Waals surface area contributed by atoms with E-state index in [9.17, 15) is 40.2 Å². The summed E-state index contributed by atoms with van der Waals surface area (Å²) in [6.45, 7) is 5.51. The number of aliphatic hydroxyl groups is 5. The van der Waals surface area contributed by atoms with Crippen LogP contribution in [0.1, 0.15) is 80.7 Å². The van der Waals surface area contributed by atoms with Gasteiger partial charge < -0.3 is 82.7 Å². The van der Waals surface area contributed by atoms with Crippen LogP contribution in [0.15, 0.2) is 12.1 Å². The Balaban J connectivity index is 1.19. The molecule has 2 bridgehead atoms. The van der Waals surface area contributed by atoms with Gasteiger partial charge >= 0.3 is 0 Å². The summed E-state index contributed by atoms with van der Waals surface area (Å²) < 4.78 is 68.7. The Morgan fingerprint density at radius 3 is 2.31 bits per heavy atom. The molecule has 2 aromatic carbocycles. The minimum absolute atomic E-state index is 0.0212. The number of ether oxygens (including phenoxy) is 11. The highest BCUT2D eigenvalue weighted by Gasteiger charge is 2.94. The van der Waals surface area contributed by atoms with Gasteiger partial charge in [-0.3, -0.25) is 9.59 Å². The molecule has 1 spiro atoms. The molecule has 7 aliphatic rings. The van der Waals surface area contributed by atoms with Crippen molar-refractivity contribution in [2.45, 2.75) is 143 Å². The number of Topliss-reactive ketones (excluding diaryl/α,β-unsaturated/α-hetero) is 2. The summed E-state index contributed by atoms with van der Waals surface area (Å²) in [5.74, 6) is -5.84. The van der Waals surface area contributed by atoms with Gasteiger partial charge in [-0.2, -0.15) is 0 Å². The van der Waals surface area contributed by atoms with E-state index in [2.05, 4.69) is 0 Å². The third-order valence-electron chi connectivity index (χ3n) is 13.2. The molecule has 6 N–H and O–H groups in total. The first-order valence-electron chi connectivity index (χ1n) is 19.2. The zero-order chi connectivity index (χ0) is 41.6. The van der Waals surface area contributed by atoms with Crippen LogP contribution in [-0.4, -0.2) is 154 Å². The second-order valence-corrected chi connectivity index (χ2v) is 16.5. The highest BCUT2D eigenvalue weighted by Crippen LogP contribution is 2.72. The maximum Gasteiger partial charge on any atom is 0.279 e. The number of phenolic OH excluding ortho intramolecular Hbond substituents is 1. The van der Waals surface area contributed by atoms with Gasteiger partial charge in [-0.25, -0.2) is 0 Å². The molecule has 0 saturated carbocycles. The van der Waals surface area contributed by atoms with Crippen LogP contribution in [0, 0.1) is 0 Å². The number of aromatic hydroxyl groups is 1. The summed E-state index contributed by atoms with van der Waals surface area (Å²) in [5, 5.41) is 67.3. The van der Waals surface area contributed by atoms with Gasteiger partial charge in [0.1, 0.15) is 35.6 Å². The lowest BCUT2D eigenvalue weighted by Crippen LogP contribution is -2.72. The third kappa shape index (κ3) is 5.05. The molecule has 19 nitrogen and oxygen atoms in total. The Morgan fingerprint density at radius 1 is 1.00 bits per heavy atom. The third-order valence-corrected chi connectivity index (χ3v) is 13.2. The van der Waals surface area contributed by atoms with Gasteiger partial charge in [0.05, 0.1) is 54.7 Å². The molecule has 15 atom stereocenters. The van der Waals surface area contributed by atoms with Crippen LogP contribution in [0.2, 0.25) is 0 Å². The first-order chi connectivity index (χ1) is 27.4. The highest BCUT2D eigenvalue weighted by atomic mass is 16.9. The summed E-state index contributed by atoms with van der Waals surface area (Å²) in [6.07, 6.45) is -14.1. The molecule has 0 amide bonds. The summed E-state index contributed by atoms with van der Waals surface area (Å²) in [6, 6.07) is 3.31. The van der Waals surface area contributed by atoms with Gasteiger partial charge in [0.15, 0.2) is 35.9 Å². The van der Waals surface area contributed by atoms with E-state index in [4.69, 9.17) is 52.1 Å². The molecule has 5 fully saturated rings. The lowest BCUT2D eigenvalue weighted by atomic mass is 9.78. The van der Waals surface area contributed by atoms with Gasteiger partial charge in [0, 0.05) is 50.0 Å².